The van der Waals surface area contributed by atoms with Gasteiger partial charge in [0.2, 0.25) is 0 Å². The van der Waals surface area contributed by atoms with Gasteiger partial charge in [-0.15, -0.1) is 0 Å². The lowest BCUT2D eigenvalue weighted by molar-refractivity contribution is 0.0600. The average molecular weight is 356 g/mol. The predicted octanol–water partition coefficient (Wildman–Crippen LogP) is 4.32. The van der Waals surface area contributed by atoms with Crippen molar-refractivity contribution >= 4 is 45.9 Å². The molecule has 0 aliphatic heterocycles. The maximum Gasteiger partial charge on any atom is 0.337 e. The van der Waals surface area contributed by atoms with Gasteiger partial charge in [-0.25, -0.2) is 9.59 Å². The van der Waals surface area contributed by atoms with E-state index in [1.807, 2.05) is 24.3 Å². The van der Waals surface area contributed by atoms with E-state index in [1.54, 1.807) is 12.3 Å². The van der Waals surface area contributed by atoms with Gasteiger partial charge in [-0.2, -0.15) is 0 Å². The molecule has 0 unspecified atom stereocenters. The number of ether oxygens (including phenoxy) is 1. The molecule has 0 radical (unpaired) electrons. The number of fused-ring (bicyclic) bond motifs is 1. The standard InChI is InChI=1S/C18H14ClN3O3/c1-25-17(23)12-7-8-13(19)15(10-12)22-18(24)21-14-6-2-4-11-5-3-9-20-16(11)14/h2-10H,1H3,(H2,21,22,24). The molecule has 3 rings (SSSR count). The molecule has 126 valence electrons. The van der Waals surface area contributed by atoms with Crippen molar-refractivity contribution in [1.82, 2.24) is 4.98 Å². The summed E-state index contributed by atoms with van der Waals surface area (Å²) < 4.78 is 4.66. The first kappa shape index (κ1) is 16.7. The molecule has 2 amide bonds. The topological polar surface area (TPSA) is 80.3 Å². The van der Waals surface area contributed by atoms with Gasteiger partial charge in [0.25, 0.3) is 0 Å². The fraction of sp³-hybridized carbons (Fsp3) is 0.0556. The second kappa shape index (κ2) is 7.19. The van der Waals surface area contributed by atoms with Crippen LogP contribution in [0.2, 0.25) is 5.02 Å². The van der Waals surface area contributed by atoms with Crippen molar-refractivity contribution in [2.45, 2.75) is 0 Å². The number of methoxy groups -OCH3 is 1. The van der Waals surface area contributed by atoms with E-state index in [4.69, 9.17) is 11.6 Å². The number of rotatable bonds is 3. The summed E-state index contributed by atoms with van der Waals surface area (Å²) in [5.41, 5.74) is 1.83. The monoisotopic (exact) mass is 355 g/mol. The van der Waals surface area contributed by atoms with Crippen LogP contribution in [0.15, 0.2) is 54.7 Å². The van der Waals surface area contributed by atoms with Crippen molar-refractivity contribution in [2.24, 2.45) is 0 Å². The number of hydrogen-bond donors (Lipinski definition) is 2. The molecule has 7 heteroatoms. The fourth-order valence-electron chi connectivity index (χ4n) is 2.35. The number of pyridine rings is 1. The molecule has 2 N–H and O–H groups in total. The number of anilines is 2. The molecule has 0 fully saturated rings. The van der Waals surface area contributed by atoms with Crippen LogP contribution in [0.3, 0.4) is 0 Å². The maximum absolute atomic E-state index is 12.3. The second-order valence-electron chi connectivity index (χ2n) is 5.15. The number of esters is 1. The van der Waals surface area contributed by atoms with E-state index in [-0.39, 0.29) is 5.56 Å². The Balaban J connectivity index is 1.82. The largest absolute Gasteiger partial charge is 0.465 e. The van der Waals surface area contributed by atoms with Crippen LogP contribution in [-0.4, -0.2) is 24.1 Å². The van der Waals surface area contributed by atoms with E-state index in [9.17, 15) is 9.59 Å². The zero-order valence-corrected chi connectivity index (χ0v) is 14.0. The third kappa shape index (κ3) is 3.70. The Kier molecular flexibility index (Phi) is 4.81. The first-order valence-corrected chi connectivity index (χ1v) is 7.76. The van der Waals surface area contributed by atoms with Crippen LogP contribution in [0.1, 0.15) is 10.4 Å². The Morgan fingerprint density at radius 2 is 1.80 bits per heavy atom. The van der Waals surface area contributed by atoms with Gasteiger partial charge in [0, 0.05) is 11.6 Å². The summed E-state index contributed by atoms with van der Waals surface area (Å²) in [6, 6.07) is 13.2. The summed E-state index contributed by atoms with van der Waals surface area (Å²) >= 11 is 6.08. The van der Waals surface area contributed by atoms with Crippen molar-refractivity contribution < 1.29 is 14.3 Å². The molecule has 25 heavy (non-hydrogen) atoms. The number of aromatic nitrogens is 1. The van der Waals surface area contributed by atoms with Gasteiger partial charge in [-0.3, -0.25) is 4.98 Å². The molecule has 1 aromatic heterocycles. The van der Waals surface area contributed by atoms with Gasteiger partial charge in [0.1, 0.15) is 0 Å². The van der Waals surface area contributed by atoms with Gasteiger partial charge in [0.05, 0.1) is 34.6 Å². The normalized spacial score (nSPS) is 10.3. The van der Waals surface area contributed by atoms with E-state index in [2.05, 4.69) is 20.4 Å². The average Bonchev–Trinajstić information content (AvgIpc) is 2.63. The van der Waals surface area contributed by atoms with Crippen LogP contribution in [0.5, 0.6) is 0 Å². The minimum atomic E-state index is -0.515. The van der Waals surface area contributed by atoms with Crippen molar-refractivity contribution in [3.05, 3.63) is 65.3 Å². The maximum atomic E-state index is 12.3. The molecular weight excluding hydrogens is 342 g/mol. The van der Waals surface area contributed by atoms with Gasteiger partial charge in [0.15, 0.2) is 0 Å². The number of nitrogens with zero attached hydrogens (tertiary/aromatic N) is 1. The Hall–Kier alpha value is -3.12. The summed E-state index contributed by atoms with van der Waals surface area (Å²) in [5, 5.41) is 6.57. The van der Waals surface area contributed by atoms with Crippen LogP contribution in [0.4, 0.5) is 16.2 Å². The van der Waals surface area contributed by atoms with Crippen molar-refractivity contribution in [2.75, 3.05) is 17.7 Å². The van der Waals surface area contributed by atoms with E-state index in [0.29, 0.717) is 21.9 Å². The zero-order valence-electron chi connectivity index (χ0n) is 13.2. The molecule has 6 nitrogen and oxygen atoms in total. The Morgan fingerprint density at radius 1 is 1.04 bits per heavy atom. The molecule has 2 aromatic carbocycles. The number of carbonyl (C=O) groups is 2. The third-order valence-corrected chi connectivity index (χ3v) is 3.85. The molecule has 0 saturated heterocycles. The van der Waals surface area contributed by atoms with Crippen molar-refractivity contribution in [3.63, 3.8) is 0 Å². The van der Waals surface area contributed by atoms with Crippen molar-refractivity contribution in [3.8, 4) is 0 Å². The van der Waals surface area contributed by atoms with Crippen LogP contribution in [-0.2, 0) is 4.74 Å². The number of hydrogen-bond acceptors (Lipinski definition) is 4. The molecular formula is C18H14ClN3O3. The Bertz CT molecular complexity index is 954. The Morgan fingerprint density at radius 3 is 2.60 bits per heavy atom. The number of urea groups is 1. The predicted molar refractivity (Wildman–Crippen MR) is 97.2 cm³/mol. The zero-order chi connectivity index (χ0) is 17.8. The molecule has 0 spiro atoms. The lowest BCUT2D eigenvalue weighted by Crippen LogP contribution is -2.20. The quantitative estimate of drug-likeness (QED) is 0.686. The fourth-order valence-corrected chi connectivity index (χ4v) is 2.51. The van der Waals surface area contributed by atoms with E-state index < -0.39 is 12.0 Å². The van der Waals surface area contributed by atoms with E-state index in [0.717, 1.165) is 5.39 Å². The number of carbonyl (C=O) groups excluding carboxylic acids is 2. The van der Waals surface area contributed by atoms with Crippen LogP contribution < -0.4 is 10.6 Å². The molecule has 0 bridgehead atoms. The number of benzene rings is 2. The number of nitrogens with one attached hydrogen (secondary N) is 2. The van der Waals surface area contributed by atoms with Crippen LogP contribution in [0, 0.1) is 0 Å². The highest BCUT2D eigenvalue weighted by atomic mass is 35.5. The number of para-hydroxylation sites is 1. The SMILES string of the molecule is COC(=O)c1ccc(Cl)c(NC(=O)Nc2cccc3cccnc23)c1. The van der Waals surface area contributed by atoms with Gasteiger partial charge in [-0.1, -0.05) is 29.8 Å². The highest BCUT2D eigenvalue weighted by Gasteiger charge is 2.12. The van der Waals surface area contributed by atoms with Gasteiger partial charge < -0.3 is 15.4 Å². The van der Waals surface area contributed by atoms with Crippen LogP contribution in [0.25, 0.3) is 10.9 Å². The first-order chi connectivity index (χ1) is 12.1. The summed E-state index contributed by atoms with van der Waals surface area (Å²) in [7, 11) is 1.28. The van der Waals surface area contributed by atoms with Gasteiger partial charge in [-0.05, 0) is 30.3 Å². The molecule has 0 saturated carbocycles. The summed E-state index contributed by atoms with van der Waals surface area (Å²) in [4.78, 5) is 28.2. The molecule has 0 aliphatic rings. The molecule has 0 aliphatic carbocycles. The smallest absolute Gasteiger partial charge is 0.337 e. The second-order valence-corrected chi connectivity index (χ2v) is 5.55. The first-order valence-electron chi connectivity index (χ1n) is 7.38. The third-order valence-electron chi connectivity index (χ3n) is 3.52. The highest BCUT2D eigenvalue weighted by Crippen LogP contribution is 2.25. The molecule has 1 heterocycles. The minimum absolute atomic E-state index is 0.286. The molecule has 0 atom stereocenters. The Labute approximate surface area is 148 Å². The van der Waals surface area contributed by atoms with Crippen LogP contribution >= 0.6 is 11.6 Å². The number of amides is 2. The van der Waals surface area contributed by atoms with Gasteiger partial charge >= 0.3 is 12.0 Å². The highest BCUT2D eigenvalue weighted by molar-refractivity contribution is 6.34. The molecule has 3 aromatic rings. The number of halogens is 1. The lowest BCUT2D eigenvalue weighted by Gasteiger charge is -2.11. The lowest BCUT2D eigenvalue weighted by atomic mass is 10.2. The van der Waals surface area contributed by atoms with E-state index >= 15 is 0 Å². The van der Waals surface area contributed by atoms with Crippen molar-refractivity contribution in [1.29, 1.82) is 0 Å². The summed E-state index contributed by atoms with van der Waals surface area (Å²) in [6.07, 6.45) is 1.65. The summed E-state index contributed by atoms with van der Waals surface area (Å²) in [5.74, 6) is -0.515. The minimum Gasteiger partial charge on any atom is -0.465 e. The summed E-state index contributed by atoms with van der Waals surface area (Å²) in [6.45, 7) is 0. The van der Waals surface area contributed by atoms with E-state index in [1.165, 1.54) is 25.3 Å².